The standard InChI is InChI=1S/C29H28N2O3/c32-29(33)27-24(19-21-11-4-1-5-12-21)28(34-20-22-13-6-2-7-14-22)23-15-10-16-25(26(23)30-27)31-17-8-3-9-18-31/h1-2,4-7,10-16H,3,8-9,17-20H2,(H,32,33). The molecule has 4 aromatic rings. The van der Waals surface area contributed by atoms with Gasteiger partial charge in [-0.3, -0.25) is 0 Å². The Balaban J connectivity index is 1.68. The summed E-state index contributed by atoms with van der Waals surface area (Å²) in [6.07, 6.45) is 3.92. The molecule has 1 aliphatic rings. The van der Waals surface area contributed by atoms with Gasteiger partial charge in [-0.05, 0) is 42.5 Å². The van der Waals surface area contributed by atoms with Gasteiger partial charge in [-0.25, -0.2) is 9.78 Å². The number of fused-ring (bicyclic) bond motifs is 1. The molecule has 172 valence electrons. The first-order valence-electron chi connectivity index (χ1n) is 11.8. The second kappa shape index (κ2) is 9.96. The van der Waals surface area contributed by atoms with E-state index in [1.165, 1.54) is 6.42 Å². The van der Waals surface area contributed by atoms with Gasteiger partial charge in [-0.15, -0.1) is 0 Å². The van der Waals surface area contributed by atoms with Crippen LogP contribution in [0.25, 0.3) is 10.9 Å². The number of ether oxygens (including phenoxy) is 1. The largest absolute Gasteiger partial charge is 0.488 e. The Morgan fingerprint density at radius 3 is 2.21 bits per heavy atom. The van der Waals surface area contributed by atoms with Gasteiger partial charge in [0, 0.05) is 30.5 Å². The Bertz CT molecular complexity index is 1280. The van der Waals surface area contributed by atoms with Crippen LogP contribution in [0.15, 0.2) is 78.9 Å². The molecule has 0 amide bonds. The van der Waals surface area contributed by atoms with Crippen LogP contribution in [-0.4, -0.2) is 29.1 Å². The van der Waals surface area contributed by atoms with Crippen LogP contribution >= 0.6 is 0 Å². The van der Waals surface area contributed by atoms with E-state index in [1.807, 2.05) is 78.9 Å². The Morgan fingerprint density at radius 1 is 0.853 bits per heavy atom. The van der Waals surface area contributed by atoms with Crippen molar-refractivity contribution in [2.75, 3.05) is 18.0 Å². The van der Waals surface area contributed by atoms with Crippen molar-refractivity contribution in [3.05, 3.63) is 101 Å². The molecule has 0 saturated carbocycles. The van der Waals surface area contributed by atoms with Crippen molar-refractivity contribution < 1.29 is 14.6 Å². The topological polar surface area (TPSA) is 62.7 Å². The van der Waals surface area contributed by atoms with E-state index in [1.54, 1.807) is 0 Å². The van der Waals surface area contributed by atoms with Crippen LogP contribution in [0, 0.1) is 0 Å². The average Bonchev–Trinajstić information content (AvgIpc) is 2.89. The lowest BCUT2D eigenvalue weighted by atomic mass is 9.98. The quantitative estimate of drug-likeness (QED) is 0.367. The predicted molar refractivity (Wildman–Crippen MR) is 135 cm³/mol. The highest BCUT2D eigenvalue weighted by Gasteiger charge is 2.24. The van der Waals surface area contributed by atoms with Gasteiger partial charge in [0.2, 0.25) is 0 Å². The number of carbonyl (C=O) groups is 1. The number of anilines is 1. The summed E-state index contributed by atoms with van der Waals surface area (Å²) >= 11 is 0. The first-order chi connectivity index (χ1) is 16.7. The molecule has 1 fully saturated rings. The fraction of sp³-hybridized carbons (Fsp3) is 0.241. The van der Waals surface area contributed by atoms with E-state index >= 15 is 0 Å². The number of pyridine rings is 1. The molecule has 0 bridgehead atoms. The number of para-hydroxylation sites is 1. The molecule has 0 aliphatic carbocycles. The van der Waals surface area contributed by atoms with E-state index in [-0.39, 0.29) is 5.69 Å². The maximum atomic E-state index is 12.4. The summed E-state index contributed by atoms with van der Waals surface area (Å²) in [6, 6.07) is 25.9. The molecule has 0 unspecified atom stereocenters. The highest BCUT2D eigenvalue weighted by Crippen LogP contribution is 2.38. The Kier molecular flexibility index (Phi) is 6.43. The maximum absolute atomic E-state index is 12.4. The Hall–Kier alpha value is -3.86. The van der Waals surface area contributed by atoms with Gasteiger partial charge < -0.3 is 14.7 Å². The van der Waals surface area contributed by atoms with Crippen LogP contribution in [-0.2, 0) is 13.0 Å². The van der Waals surface area contributed by atoms with E-state index < -0.39 is 5.97 Å². The number of carboxylic acid groups (broad SMARTS) is 1. The van der Waals surface area contributed by atoms with Crippen LogP contribution in [0.4, 0.5) is 5.69 Å². The highest BCUT2D eigenvalue weighted by atomic mass is 16.5. The van der Waals surface area contributed by atoms with Crippen molar-refractivity contribution >= 4 is 22.6 Å². The van der Waals surface area contributed by atoms with Crippen molar-refractivity contribution in [3.8, 4) is 5.75 Å². The second-order valence-corrected chi connectivity index (χ2v) is 8.73. The Labute approximate surface area is 199 Å². The summed E-state index contributed by atoms with van der Waals surface area (Å²) in [4.78, 5) is 19.5. The first kappa shape index (κ1) is 22.0. The fourth-order valence-electron chi connectivity index (χ4n) is 4.71. The van der Waals surface area contributed by atoms with E-state index in [9.17, 15) is 9.90 Å². The van der Waals surface area contributed by atoms with Crippen LogP contribution in [0.2, 0.25) is 0 Å². The summed E-state index contributed by atoms with van der Waals surface area (Å²) < 4.78 is 6.42. The van der Waals surface area contributed by atoms with Gasteiger partial charge in [0.25, 0.3) is 0 Å². The van der Waals surface area contributed by atoms with E-state index in [4.69, 9.17) is 9.72 Å². The van der Waals surface area contributed by atoms with Gasteiger partial charge in [-0.1, -0.05) is 66.7 Å². The fourth-order valence-corrected chi connectivity index (χ4v) is 4.71. The third kappa shape index (κ3) is 4.60. The van der Waals surface area contributed by atoms with Gasteiger partial charge in [-0.2, -0.15) is 0 Å². The van der Waals surface area contributed by atoms with Crippen molar-refractivity contribution in [2.45, 2.75) is 32.3 Å². The zero-order valence-corrected chi connectivity index (χ0v) is 19.1. The minimum atomic E-state index is -1.04. The number of hydrogen-bond donors (Lipinski definition) is 1. The summed E-state index contributed by atoms with van der Waals surface area (Å²) in [6.45, 7) is 2.26. The smallest absolute Gasteiger partial charge is 0.354 e. The number of benzene rings is 3. The maximum Gasteiger partial charge on any atom is 0.354 e. The zero-order chi connectivity index (χ0) is 23.3. The number of piperidine rings is 1. The average molecular weight is 453 g/mol. The lowest BCUT2D eigenvalue weighted by Gasteiger charge is -2.30. The van der Waals surface area contributed by atoms with E-state index in [0.29, 0.717) is 29.9 Å². The third-order valence-electron chi connectivity index (χ3n) is 6.39. The molecule has 0 atom stereocenters. The summed E-state index contributed by atoms with van der Waals surface area (Å²) in [7, 11) is 0. The second-order valence-electron chi connectivity index (χ2n) is 8.73. The van der Waals surface area contributed by atoms with Gasteiger partial charge in [0.05, 0.1) is 11.2 Å². The Morgan fingerprint density at radius 2 is 1.53 bits per heavy atom. The highest BCUT2D eigenvalue weighted by molar-refractivity contribution is 6.00. The van der Waals surface area contributed by atoms with Crippen LogP contribution in [0.3, 0.4) is 0 Å². The minimum Gasteiger partial charge on any atom is -0.488 e. The molecule has 0 spiro atoms. The summed E-state index contributed by atoms with van der Waals surface area (Å²) in [5.41, 5.74) is 4.39. The number of aromatic carboxylic acids is 1. The molecule has 0 radical (unpaired) electrons. The van der Waals surface area contributed by atoms with Gasteiger partial charge in [0.15, 0.2) is 5.69 Å². The number of rotatable bonds is 7. The first-order valence-corrected chi connectivity index (χ1v) is 11.8. The summed E-state index contributed by atoms with van der Waals surface area (Å²) in [5, 5.41) is 11.0. The zero-order valence-electron chi connectivity index (χ0n) is 19.1. The third-order valence-corrected chi connectivity index (χ3v) is 6.39. The van der Waals surface area contributed by atoms with Gasteiger partial charge in [0.1, 0.15) is 12.4 Å². The molecule has 5 rings (SSSR count). The van der Waals surface area contributed by atoms with Crippen LogP contribution in [0.5, 0.6) is 5.75 Å². The molecular formula is C29H28N2O3. The molecule has 1 saturated heterocycles. The molecular weight excluding hydrogens is 424 g/mol. The molecule has 1 N–H and O–H groups in total. The molecule has 1 aliphatic heterocycles. The van der Waals surface area contributed by atoms with Crippen molar-refractivity contribution in [3.63, 3.8) is 0 Å². The van der Waals surface area contributed by atoms with Crippen molar-refractivity contribution in [1.29, 1.82) is 0 Å². The van der Waals surface area contributed by atoms with Gasteiger partial charge >= 0.3 is 5.97 Å². The predicted octanol–water partition coefficient (Wildman–Crippen LogP) is 6.09. The molecule has 34 heavy (non-hydrogen) atoms. The number of aromatic nitrogens is 1. The van der Waals surface area contributed by atoms with E-state index in [2.05, 4.69) is 4.90 Å². The molecule has 5 nitrogen and oxygen atoms in total. The molecule has 3 aromatic carbocycles. The van der Waals surface area contributed by atoms with Crippen LogP contribution in [0.1, 0.15) is 46.4 Å². The number of nitrogens with zero attached hydrogens (tertiary/aromatic N) is 2. The molecule has 2 heterocycles. The SMILES string of the molecule is O=C(O)c1nc2c(N3CCCCC3)cccc2c(OCc2ccccc2)c1Cc1ccccc1. The van der Waals surface area contributed by atoms with Crippen LogP contribution < -0.4 is 9.64 Å². The normalized spacial score (nSPS) is 13.7. The lowest BCUT2D eigenvalue weighted by Crippen LogP contribution is -2.29. The lowest BCUT2D eigenvalue weighted by molar-refractivity contribution is 0.0689. The summed E-state index contributed by atoms with van der Waals surface area (Å²) in [5.74, 6) is -0.431. The number of carboxylic acids is 1. The number of hydrogen-bond acceptors (Lipinski definition) is 4. The van der Waals surface area contributed by atoms with E-state index in [0.717, 1.165) is 48.1 Å². The van der Waals surface area contributed by atoms with Crippen molar-refractivity contribution in [2.24, 2.45) is 0 Å². The molecule has 1 aromatic heterocycles. The van der Waals surface area contributed by atoms with Crippen molar-refractivity contribution in [1.82, 2.24) is 4.98 Å². The minimum absolute atomic E-state index is 0.0591. The molecule has 5 heteroatoms. The monoisotopic (exact) mass is 452 g/mol.